The van der Waals surface area contributed by atoms with E-state index in [9.17, 15) is 9.59 Å². The highest BCUT2D eigenvalue weighted by molar-refractivity contribution is 6.30. The minimum Gasteiger partial charge on any atom is -0.452 e. The molecule has 0 aliphatic rings. The van der Waals surface area contributed by atoms with Crippen LogP contribution in [0.1, 0.15) is 16.7 Å². The van der Waals surface area contributed by atoms with Gasteiger partial charge in [-0.1, -0.05) is 41.9 Å². The number of aryl methyl sites for hydroxylation is 1. The number of halogens is 1. The molecule has 0 aliphatic heterocycles. The van der Waals surface area contributed by atoms with Crippen molar-refractivity contribution >= 4 is 35.2 Å². The van der Waals surface area contributed by atoms with Gasteiger partial charge in [0.25, 0.3) is 5.91 Å². The lowest BCUT2D eigenvalue weighted by Crippen LogP contribution is -2.20. The third-order valence-electron chi connectivity index (χ3n) is 4.06. The summed E-state index contributed by atoms with van der Waals surface area (Å²) >= 11 is 5.89. The zero-order chi connectivity index (χ0) is 20.6. The van der Waals surface area contributed by atoms with Crippen molar-refractivity contribution in [1.82, 2.24) is 9.78 Å². The van der Waals surface area contributed by atoms with Gasteiger partial charge in [-0.05, 0) is 42.3 Å². The van der Waals surface area contributed by atoms with Crippen LogP contribution in [0.4, 0.5) is 5.69 Å². The van der Waals surface area contributed by atoms with E-state index in [2.05, 4.69) is 10.4 Å². The Morgan fingerprint density at radius 2 is 2.00 bits per heavy atom. The van der Waals surface area contributed by atoms with Crippen LogP contribution in [0.2, 0.25) is 5.02 Å². The zero-order valence-corrected chi connectivity index (χ0v) is 16.6. The molecule has 0 unspecified atom stereocenters. The van der Waals surface area contributed by atoms with Crippen LogP contribution in [-0.4, -0.2) is 28.3 Å². The average molecular weight is 410 g/mol. The Hall–Kier alpha value is -3.38. The molecule has 0 bridgehead atoms. The average Bonchev–Trinajstić information content (AvgIpc) is 3.15. The number of ether oxygens (including phenoxy) is 1. The molecule has 1 heterocycles. The van der Waals surface area contributed by atoms with Crippen molar-refractivity contribution in [2.75, 3.05) is 11.9 Å². The van der Waals surface area contributed by atoms with Gasteiger partial charge < -0.3 is 10.1 Å². The van der Waals surface area contributed by atoms with E-state index in [0.717, 1.165) is 16.7 Å². The van der Waals surface area contributed by atoms with Crippen LogP contribution < -0.4 is 5.32 Å². The van der Waals surface area contributed by atoms with Crippen LogP contribution in [0.3, 0.4) is 0 Å². The number of rotatable bonds is 7. The molecule has 0 radical (unpaired) electrons. The van der Waals surface area contributed by atoms with Crippen LogP contribution in [0, 0.1) is 6.92 Å². The molecular weight excluding hydrogens is 390 g/mol. The Kier molecular flexibility index (Phi) is 6.81. The first-order valence-corrected chi connectivity index (χ1v) is 9.34. The number of benzene rings is 2. The highest BCUT2D eigenvalue weighted by atomic mass is 35.5. The van der Waals surface area contributed by atoms with Gasteiger partial charge in [-0.3, -0.25) is 9.48 Å². The molecule has 2 aromatic carbocycles. The lowest BCUT2D eigenvalue weighted by molar-refractivity contribution is -0.142. The van der Waals surface area contributed by atoms with Crippen LogP contribution in [0.25, 0.3) is 6.08 Å². The second-order valence-electron chi connectivity index (χ2n) is 6.41. The second kappa shape index (κ2) is 9.71. The van der Waals surface area contributed by atoms with Gasteiger partial charge >= 0.3 is 5.97 Å². The number of anilines is 1. The third kappa shape index (κ3) is 6.33. The highest BCUT2D eigenvalue weighted by Crippen LogP contribution is 2.19. The lowest BCUT2D eigenvalue weighted by atomic mass is 10.2. The van der Waals surface area contributed by atoms with E-state index in [1.54, 1.807) is 35.2 Å². The minimum atomic E-state index is -0.608. The van der Waals surface area contributed by atoms with E-state index in [1.165, 1.54) is 6.08 Å². The summed E-state index contributed by atoms with van der Waals surface area (Å²) in [7, 11) is 0. The number of carbonyl (C=O) groups excluding carboxylic acids is 2. The van der Waals surface area contributed by atoms with Gasteiger partial charge in [0.2, 0.25) is 0 Å². The molecule has 1 amide bonds. The quantitative estimate of drug-likeness (QED) is 0.471. The topological polar surface area (TPSA) is 73.2 Å². The Labute approximate surface area is 173 Å². The van der Waals surface area contributed by atoms with Gasteiger partial charge in [0.05, 0.1) is 12.7 Å². The summed E-state index contributed by atoms with van der Waals surface area (Å²) in [5.74, 6) is -1.03. The maximum atomic E-state index is 11.9. The van der Waals surface area contributed by atoms with Crippen LogP contribution in [-0.2, 0) is 20.9 Å². The van der Waals surface area contributed by atoms with Crippen LogP contribution >= 0.6 is 11.6 Å². The summed E-state index contributed by atoms with van der Waals surface area (Å²) in [4.78, 5) is 23.8. The fourth-order valence-electron chi connectivity index (χ4n) is 2.63. The van der Waals surface area contributed by atoms with Crippen molar-refractivity contribution < 1.29 is 14.3 Å². The number of nitrogens with one attached hydrogen (secondary N) is 1. The molecule has 0 aliphatic carbocycles. The number of aromatic nitrogens is 2. The smallest absolute Gasteiger partial charge is 0.331 e. The van der Waals surface area contributed by atoms with Gasteiger partial charge in [-0.25, -0.2) is 4.79 Å². The molecule has 7 heteroatoms. The number of hydrogen-bond acceptors (Lipinski definition) is 4. The number of esters is 1. The predicted molar refractivity (Wildman–Crippen MR) is 113 cm³/mol. The van der Waals surface area contributed by atoms with Crippen molar-refractivity contribution in [3.8, 4) is 0 Å². The first-order chi connectivity index (χ1) is 14.0. The molecule has 0 spiro atoms. The number of carbonyl (C=O) groups is 2. The van der Waals surface area contributed by atoms with Gasteiger partial charge in [0.1, 0.15) is 0 Å². The summed E-state index contributed by atoms with van der Waals surface area (Å²) in [5, 5.41) is 7.53. The third-order valence-corrected chi connectivity index (χ3v) is 4.30. The van der Waals surface area contributed by atoms with Crippen molar-refractivity contribution in [1.29, 1.82) is 0 Å². The molecular formula is C22H20ClN3O3. The van der Waals surface area contributed by atoms with Crippen molar-refractivity contribution in [2.24, 2.45) is 0 Å². The van der Waals surface area contributed by atoms with E-state index in [-0.39, 0.29) is 6.61 Å². The molecule has 0 saturated carbocycles. The lowest BCUT2D eigenvalue weighted by Gasteiger charge is -2.08. The Balaban J connectivity index is 1.46. The van der Waals surface area contributed by atoms with E-state index in [0.29, 0.717) is 17.3 Å². The predicted octanol–water partition coefficient (Wildman–Crippen LogP) is 4.09. The molecule has 6 nitrogen and oxygen atoms in total. The van der Waals surface area contributed by atoms with Gasteiger partial charge in [-0.15, -0.1) is 0 Å². The normalized spacial score (nSPS) is 10.8. The molecule has 0 saturated heterocycles. The summed E-state index contributed by atoms with van der Waals surface area (Å²) in [5.41, 5.74) is 3.34. The first kappa shape index (κ1) is 20.4. The fraction of sp³-hybridized carbons (Fsp3) is 0.136. The molecule has 29 heavy (non-hydrogen) atoms. The van der Waals surface area contributed by atoms with E-state index in [4.69, 9.17) is 16.3 Å². The van der Waals surface area contributed by atoms with E-state index >= 15 is 0 Å². The number of nitrogens with zero attached hydrogens (tertiary/aromatic N) is 2. The summed E-state index contributed by atoms with van der Waals surface area (Å²) < 4.78 is 6.75. The van der Waals surface area contributed by atoms with Gasteiger partial charge in [0.15, 0.2) is 6.61 Å². The molecule has 148 valence electrons. The molecule has 3 aromatic rings. The molecule has 1 N–H and O–H groups in total. The standard InChI is InChI=1S/C22H20ClN3O3/c1-16-11-19(23)8-9-20(16)25-21(27)15-29-22(28)10-7-18-12-24-26(14-18)13-17-5-3-2-4-6-17/h2-12,14H,13,15H2,1H3,(H,25,27)/b10-7+. The first-order valence-electron chi connectivity index (χ1n) is 8.97. The maximum absolute atomic E-state index is 11.9. The highest BCUT2D eigenvalue weighted by Gasteiger charge is 2.08. The fourth-order valence-corrected chi connectivity index (χ4v) is 2.85. The van der Waals surface area contributed by atoms with Gasteiger partial charge in [0, 0.05) is 28.5 Å². The molecule has 0 atom stereocenters. The van der Waals surface area contributed by atoms with Crippen LogP contribution in [0.5, 0.6) is 0 Å². The Morgan fingerprint density at radius 3 is 2.76 bits per heavy atom. The molecule has 1 aromatic heterocycles. The largest absolute Gasteiger partial charge is 0.452 e. The Bertz CT molecular complexity index is 1030. The SMILES string of the molecule is Cc1cc(Cl)ccc1NC(=O)COC(=O)/C=C/c1cnn(Cc2ccccc2)c1. The van der Waals surface area contributed by atoms with Crippen LogP contribution in [0.15, 0.2) is 67.0 Å². The van der Waals surface area contributed by atoms with Crippen molar-refractivity contribution in [3.63, 3.8) is 0 Å². The summed E-state index contributed by atoms with van der Waals surface area (Å²) in [6, 6.07) is 15.1. The summed E-state index contributed by atoms with van der Waals surface area (Å²) in [6.07, 6.45) is 6.35. The van der Waals surface area contributed by atoms with Gasteiger partial charge in [-0.2, -0.15) is 5.10 Å². The van der Waals surface area contributed by atoms with Crippen molar-refractivity contribution in [3.05, 3.63) is 88.7 Å². The summed E-state index contributed by atoms with van der Waals surface area (Å²) in [6.45, 7) is 2.09. The minimum absolute atomic E-state index is 0.376. The zero-order valence-electron chi connectivity index (χ0n) is 15.8. The maximum Gasteiger partial charge on any atom is 0.331 e. The number of amides is 1. The Morgan fingerprint density at radius 1 is 1.21 bits per heavy atom. The molecule has 3 rings (SSSR count). The van der Waals surface area contributed by atoms with E-state index in [1.807, 2.05) is 43.5 Å². The number of hydrogen-bond donors (Lipinski definition) is 1. The van der Waals surface area contributed by atoms with Crippen molar-refractivity contribution in [2.45, 2.75) is 13.5 Å². The molecule has 0 fully saturated rings. The monoisotopic (exact) mass is 409 g/mol. The van der Waals surface area contributed by atoms with E-state index < -0.39 is 11.9 Å². The second-order valence-corrected chi connectivity index (χ2v) is 6.84.